The lowest BCUT2D eigenvalue weighted by Gasteiger charge is -2.46. The molecule has 2 saturated heterocycles. The molecule has 0 aromatic rings. The van der Waals surface area contributed by atoms with Gasteiger partial charge >= 0.3 is 0 Å². The van der Waals surface area contributed by atoms with Gasteiger partial charge in [-0.05, 0) is 25.7 Å². The fourth-order valence-corrected chi connectivity index (χ4v) is 5.25. The topological polar surface area (TPSA) is 228 Å². The smallest absolute Gasteiger partial charge is 0.220 e. The molecule has 14 heteroatoms. The monoisotopic (exact) mass is 663 g/mol. The number of carbonyl (C=O) groups is 1. The van der Waals surface area contributed by atoms with Crippen LogP contribution < -0.4 is 5.32 Å². The lowest BCUT2D eigenvalue weighted by atomic mass is 9.97. The fraction of sp³-hybridized carbons (Fsp3) is 0.844. The Kier molecular flexibility index (Phi) is 19.6. The minimum Gasteiger partial charge on any atom is -0.394 e. The van der Waals surface area contributed by atoms with Crippen LogP contribution in [0.5, 0.6) is 0 Å². The molecule has 12 unspecified atom stereocenters. The average Bonchev–Trinajstić information content (AvgIpc) is 3.05. The van der Waals surface area contributed by atoms with Crippen molar-refractivity contribution < 1.29 is 64.6 Å². The van der Waals surface area contributed by atoms with E-state index in [0.717, 1.165) is 44.9 Å². The van der Waals surface area contributed by atoms with Crippen LogP contribution in [0.4, 0.5) is 0 Å². The van der Waals surface area contributed by atoms with E-state index in [4.69, 9.17) is 18.9 Å². The van der Waals surface area contributed by atoms with Gasteiger partial charge < -0.3 is 65.1 Å². The first-order valence-corrected chi connectivity index (χ1v) is 16.6. The minimum atomic E-state index is -1.78. The highest BCUT2D eigenvalue weighted by molar-refractivity contribution is 5.76. The van der Waals surface area contributed by atoms with Crippen LogP contribution >= 0.6 is 0 Å². The van der Waals surface area contributed by atoms with Gasteiger partial charge in [-0.15, -0.1) is 0 Å². The number of hydrogen-bond acceptors (Lipinski definition) is 13. The van der Waals surface area contributed by atoms with E-state index < -0.39 is 86.8 Å². The van der Waals surface area contributed by atoms with E-state index in [2.05, 4.69) is 31.3 Å². The molecule has 0 bridgehead atoms. The van der Waals surface area contributed by atoms with Crippen LogP contribution in [0.2, 0.25) is 0 Å². The zero-order valence-corrected chi connectivity index (χ0v) is 27.0. The van der Waals surface area contributed by atoms with Crippen LogP contribution in [0.3, 0.4) is 0 Å². The largest absolute Gasteiger partial charge is 0.394 e. The number of ether oxygens (including phenoxy) is 4. The molecule has 14 nitrogen and oxygen atoms in total. The van der Waals surface area contributed by atoms with Gasteiger partial charge in [-0.1, -0.05) is 70.3 Å². The quantitative estimate of drug-likeness (QED) is 0.0560. The molecule has 46 heavy (non-hydrogen) atoms. The Balaban J connectivity index is 2.05. The van der Waals surface area contributed by atoms with Gasteiger partial charge in [0.1, 0.15) is 48.8 Å². The summed E-state index contributed by atoms with van der Waals surface area (Å²) in [4.78, 5) is 12.7. The summed E-state index contributed by atoms with van der Waals surface area (Å²) in [6.07, 6.45) is -0.845. The first-order valence-electron chi connectivity index (χ1n) is 16.6. The number of carbonyl (C=O) groups excluding carboxylic acids is 1. The molecule has 268 valence electrons. The normalized spacial score (nSPS) is 33.4. The van der Waals surface area contributed by atoms with E-state index in [1.807, 2.05) is 6.08 Å². The number of nitrogens with one attached hydrogen (secondary N) is 1. The maximum atomic E-state index is 12.7. The predicted octanol–water partition coefficient (Wildman–Crippen LogP) is -0.474. The zero-order chi connectivity index (χ0) is 34.1. The summed E-state index contributed by atoms with van der Waals surface area (Å²) in [5, 5.41) is 85.2. The molecule has 12 atom stereocenters. The van der Waals surface area contributed by atoms with Crippen LogP contribution in [-0.2, 0) is 23.7 Å². The Hall–Kier alpha value is -1.53. The Morgan fingerprint density at radius 3 is 2.07 bits per heavy atom. The molecule has 2 aliphatic heterocycles. The first-order chi connectivity index (χ1) is 22.1. The van der Waals surface area contributed by atoms with Crippen LogP contribution in [-0.4, -0.2) is 140 Å². The van der Waals surface area contributed by atoms with Crippen LogP contribution in [0.1, 0.15) is 78.1 Å². The summed E-state index contributed by atoms with van der Waals surface area (Å²) in [6.45, 7) is 2.47. The maximum Gasteiger partial charge on any atom is 0.220 e. The summed E-state index contributed by atoms with van der Waals surface area (Å²) in [6, 6.07) is -0.918. The Morgan fingerprint density at radius 2 is 1.39 bits per heavy atom. The molecule has 2 fully saturated rings. The van der Waals surface area contributed by atoms with E-state index in [1.54, 1.807) is 6.08 Å². The van der Waals surface area contributed by atoms with Gasteiger partial charge in [-0.25, -0.2) is 0 Å². The number of amides is 1. The summed E-state index contributed by atoms with van der Waals surface area (Å²) < 4.78 is 22.3. The maximum absolute atomic E-state index is 12.7. The van der Waals surface area contributed by atoms with E-state index in [9.17, 15) is 45.6 Å². The molecule has 0 aliphatic carbocycles. The van der Waals surface area contributed by atoms with Crippen molar-refractivity contribution in [3.8, 4) is 0 Å². The summed E-state index contributed by atoms with van der Waals surface area (Å²) in [5.74, 6) is -0.272. The standard InChI is InChI=1S/C32H57NO13/c1-3-5-7-9-10-12-13-15-21(36)20(33-24(37)16-14-11-8-6-4-2)19-43-31-29(42)27(40)30(23(18-35)45-31)46-32-28(41)26(39)25(38)22(17-34)44-32/h7,9,13,15,20-23,25-32,34-36,38-42H,3-6,8,10-12,14,16-19H2,1-2H3,(H,33,37)/b9-7+,15-13+. The third-order valence-corrected chi connectivity index (χ3v) is 8.12. The third-order valence-electron chi connectivity index (χ3n) is 8.12. The van der Waals surface area contributed by atoms with Crippen molar-refractivity contribution in [2.24, 2.45) is 0 Å². The number of hydrogen-bond donors (Lipinski definition) is 9. The molecule has 2 aliphatic rings. The van der Waals surface area contributed by atoms with Crippen molar-refractivity contribution in [1.29, 1.82) is 0 Å². The Morgan fingerprint density at radius 1 is 0.761 bits per heavy atom. The number of rotatable bonds is 21. The van der Waals surface area contributed by atoms with Crippen LogP contribution in [0.15, 0.2) is 24.3 Å². The molecule has 0 radical (unpaired) electrons. The van der Waals surface area contributed by atoms with Gasteiger partial charge in [-0.3, -0.25) is 4.79 Å². The van der Waals surface area contributed by atoms with Crippen LogP contribution in [0, 0.1) is 0 Å². The molecule has 1 amide bonds. The molecule has 2 rings (SSSR count). The lowest BCUT2D eigenvalue weighted by Crippen LogP contribution is -2.65. The summed E-state index contributed by atoms with van der Waals surface area (Å²) in [5.41, 5.74) is 0. The van der Waals surface area contributed by atoms with E-state index in [1.165, 1.54) is 0 Å². The lowest BCUT2D eigenvalue weighted by molar-refractivity contribution is -0.359. The van der Waals surface area contributed by atoms with Gasteiger partial charge in [0.15, 0.2) is 12.6 Å². The van der Waals surface area contributed by atoms with E-state index in [-0.39, 0.29) is 18.9 Å². The van der Waals surface area contributed by atoms with E-state index in [0.29, 0.717) is 12.8 Å². The van der Waals surface area contributed by atoms with Gasteiger partial charge in [0.2, 0.25) is 5.91 Å². The van der Waals surface area contributed by atoms with E-state index >= 15 is 0 Å². The summed E-state index contributed by atoms with van der Waals surface area (Å²) >= 11 is 0. The van der Waals surface area contributed by atoms with Crippen LogP contribution in [0.25, 0.3) is 0 Å². The molecular formula is C32H57NO13. The number of aliphatic hydroxyl groups is 8. The zero-order valence-electron chi connectivity index (χ0n) is 27.0. The molecule has 0 aromatic carbocycles. The van der Waals surface area contributed by atoms with Gasteiger partial charge in [0, 0.05) is 6.42 Å². The highest BCUT2D eigenvalue weighted by Crippen LogP contribution is 2.29. The van der Waals surface area contributed by atoms with Crippen molar-refractivity contribution in [2.75, 3.05) is 19.8 Å². The SMILES string of the molecule is CCC/C=C/CC/C=C/C(O)C(COC1OC(CO)C(OC2OC(CO)C(O)C(O)C2O)C(O)C1O)NC(=O)CCCCCCC. The second kappa shape index (κ2) is 22.2. The second-order valence-corrected chi connectivity index (χ2v) is 11.9. The minimum absolute atomic E-state index is 0.268. The van der Waals surface area contributed by atoms with Gasteiger partial charge in [0.25, 0.3) is 0 Å². The second-order valence-electron chi connectivity index (χ2n) is 11.9. The van der Waals surface area contributed by atoms with Gasteiger partial charge in [-0.2, -0.15) is 0 Å². The van der Waals surface area contributed by atoms with Crippen molar-refractivity contribution in [2.45, 2.75) is 152 Å². The third kappa shape index (κ3) is 12.8. The Bertz CT molecular complexity index is 888. The molecule has 9 N–H and O–H groups in total. The van der Waals surface area contributed by atoms with Crippen molar-refractivity contribution in [1.82, 2.24) is 5.32 Å². The highest BCUT2D eigenvalue weighted by Gasteiger charge is 2.50. The number of aliphatic hydroxyl groups excluding tert-OH is 8. The Labute approximate surface area is 271 Å². The van der Waals surface area contributed by atoms with Gasteiger partial charge in [0.05, 0.1) is 32.0 Å². The molecule has 0 aromatic heterocycles. The first kappa shape index (κ1) is 40.6. The number of allylic oxidation sites excluding steroid dienone is 3. The fourth-order valence-electron chi connectivity index (χ4n) is 5.25. The molecule has 0 spiro atoms. The summed E-state index contributed by atoms with van der Waals surface area (Å²) in [7, 11) is 0. The van der Waals surface area contributed by atoms with Crippen molar-refractivity contribution >= 4 is 5.91 Å². The predicted molar refractivity (Wildman–Crippen MR) is 166 cm³/mol. The van der Waals surface area contributed by atoms with Crippen molar-refractivity contribution in [3.63, 3.8) is 0 Å². The highest BCUT2D eigenvalue weighted by atomic mass is 16.7. The van der Waals surface area contributed by atoms with Crippen molar-refractivity contribution in [3.05, 3.63) is 24.3 Å². The average molecular weight is 664 g/mol. The molecule has 2 heterocycles. The number of unbranched alkanes of at least 4 members (excludes halogenated alkanes) is 6. The molecule has 0 saturated carbocycles. The molecular weight excluding hydrogens is 606 g/mol.